The maximum Gasteiger partial charge on any atom is 0.345 e. The zero-order chi connectivity index (χ0) is 11.8. The Morgan fingerprint density at radius 1 is 1.35 bits per heavy atom. The molecule has 86 valence electrons. The van der Waals surface area contributed by atoms with Gasteiger partial charge in [-0.25, -0.2) is 10.2 Å². The fourth-order valence-electron chi connectivity index (χ4n) is 1.89. The van der Waals surface area contributed by atoms with Crippen molar-refractivity contribution in [2.75, 3.05) is 5.01 Å². The number of nitrogens with zero attached hydrogens (tertiary/aromatic N) is 2. The van der Waals surface area contributed by atoms with E-state index in [1.807, 2.05) is 30.3 Å². The van der Waals surface area contributed by atoms with Gasteiger partial charge in [-0.05, 0) is 12.1 Å². The minimum absolute atomic E-state index is 0.321. The van der Waals surface area contributed by atoms with Gasteiger partial charge in [0.2, 0.25) is 0 Å². The number of anilines is 2. The number of fused-ring (bicyclic) bond motifs is 1. The van der Waals surface area contributed by atoms with Gasteiger partial charge in [-0.2, -0.15) is 4.98 Å². The number of hydrogen-bond acceptors (Lipinski definition) is 5. The average molecular weight is 229 g/mol. The lowest BCUT2D eigenvalue weighted by molar-refractivity contribution is 0.452. The van der Waals surface area contributed by atoms with Gasteiger partial charge in [-0.15, -0.1) is 0 Å². The van der Waals surface area contributed by atoms with E-state index in [4.69, 9.17) is 4.42 Å². The number of hydrogen-bond donors (Lipinski definition) is 1. The van der Waals surface area contributed by atoms with Crippen LogP contribution in [0.1, 0.15) is 11.5 Å². The molecule has 5 nitrogen and oxygen atoms in total. The third-order valence-corrected chi connectivity index (χ3v) is 2.66. The van der Waals surface area contributed by atoms with Crippen LogP contribution in [-0.2, 0) is 6.54 Å². The van der Waals surface area contributed by atoms with Crippen molar-refractivity contribution in [1.29, 1.82) is 0 Å². The van der Waals surface area contributed by atoms with Crippen LogP contribution in [0.15, 0.2) is 39.5 Å². The first-order valence-corrected chi connectivity index (χ1v) is 5.35. The summed E-state index contributed by atoms with van der Waals surface area (Å²) < 4.78 is 4.97. The first-order chi connectivity index (χ1) is 8.25. The number of hydrazine groups is 1. The van der Waals surface area contributed by atoms with Crippen LogP contribution in [0.5, 0.6) is 0 Å². The second-order valence-electron chi connectivity index (χ2n) is 3.83. The Kier molecular flexibility index (Phi) is 2.19. The summed E-state index contributed by atoms with van der Waals surface area (Å²) in [6.07, 6.45) is 0. The minimum Gasteiger partial charge on any atom is -0.408 e. The fourth-order valence-corrected chi connectivity index (χ4v) is 1.89. The molecule has 2 heterocycles. The van der Waals surface area contributed by atoms with Crippen molar-refractivity contribution in [3.63, 3.8) is 0 Å². The van der Waals surface area contributed by atoms with Crippen molar-refractivity contribution < 1.29 is 4.42 Å². The maximum atomic E-state index is 11.6. The number of aromatic nitrogens is 1. The molecule has 17 heavy (non-hydrogen) atoms. The van der Waals surface area contributed by atoms with Crippen molar-refractivity contribution in [3.05, 3.63) is 52.2 Å². The summed E-state index contributed by atoms with van der Waals surface area (Å²) in [6.45, 7) is 2.11. The van der Waals surface area contributed by atoms with Crippen LogP contribution >= 0.6 is 0 Å². The van der Waals surface area contributed by atoms with Crippen molar-refractivity contribution >= 4 is 11.5 Å². The Morgan fingerprint density at radius 3 is 2.88 bits per heavy atom. The Labute approximate surface area is 97.7 Å². The molecule has 0 atom stereocenters. The normalized spacial score (nSPS) is 13.8. The van der Waals surface area contributed by atoms with Crippen molar-refractivity contribution in [2.24, 2.45) is 0 Å². The van der Waals surface area contributed by atoms with Crippen LogP contribution < -0.4 is 16.1 Å². The molecular weight excluding hydrogens is 218 g/mol. The predicted molar refractivity (Wildman–Crippen MR) is 62.9 cm³/mol. The first-order valence-electron chi connectivity index (χ1n) is 5.35. The fraction of sp³-hybridized carbons (Fsp3) is 0.167. The van der Waals surface area contributed by atoms with Crippen LogP contribution in [0.2, 0.25) is 0 Å². The second-order valence-corrected chi connectivity index (χ2v) is 3.83. The number of rotatable bonds is 1. The van der Waals surface area contributed by atoms with E-state index >= 15 is 0 Å². The lowest BCUT2D eigenvalue weighted by atomic mass is 10.3. The molecule has 1 aliphatic rings. The lowest BCUT2D eigenvalue weighted by Gasteiger charge is -2.17. The van der Waals surface area contributed by atoms with E-state index in [1.54, 1.807) is 11.9 Å². The quantitative estimate of drug-likeness (QED) is 0.803. The highest BCUT2D eigenvalue weighted by Crippen LogP contribution is 2.27. The van der Waals surface area contributed by atoms with Crippen molar-refractivity contribution in [1.82, 2.24) is 10.4 Å². The summed E-state index contributed by atoms with van der Waals surface area (Å²) >= 11 is 0. The molecule has 0 saturated carbocycles. The van der Waals surface area contributed by atoms with Gasteiger partial charge < -0.3 is 4.42 Å². The predicted octanol–water partition coefficient (Wildman–Crippen LogP) is 1.50. The molecule has 0 radical (unpaired) electrons. The summed E-state index contributed by atoms with van der Waals surface area (Å²) in [5.41, 5.74) is 4.31. The summed E-state index contributed by atoms with van der Waals surface area (Å²) in [5, 5.41) is 1.80. The second kappa shape index (κ2) is 3.71. The molecule has 0 unspecified atom stereocenters. The number of aryl methyl sites for hydroxylation is 1. The zero-order valence-corrected chi connectivity index (χ0v) is 9.30. The average Bonchev–Trinajstić information content (AvgIpc) is 2.74. The minimum atomic E-state index is -0.321. The van der Waals surface area contributed by atoms with Gasteiger partial charge >= 0.3 is 5.63 Å². The molecule has 5 heteroatoms. The maximum absolute atomic E-state index is 11.6. The molecule has 3 rings (SSSR count). The van der Waals surface area contributed by atoms with Crippen LogP contribution in [0.4, 0.5) is 11.5 Å². The first kappa shape index (κ1) is 10.0. The van der Waals surface area contributed by atoms with E-state index < -0.39 is 0 Å². The smallest absolute Gasteiger partial charge is 0.345 e. The van der Waals surface area contributed by atoms with E-state index in [-0.39, 0.29) is 5.63 Å². The van der Waals surface area contributed by atoms with E-state index in [0.717, 1.165) is 5.69 Å². The highest BCUT2D eigenvalue weighted by Gasteiger charge is 2.25. The molecule has 0 spiro atoms. The number of benzene rings is 1. The van der Waals surface area contributed by atoms with Crippen LogP contribution in [0.25, 0.3) is 0 Å². The van der Waals surface area contributed by atoms with Crippen molar-refractivity contribution in [3.8, 4) is 0 Å². The summed E-state index contributed by atoms with van der Waals surface area (Å²) in [4.78, 5) is 15.9. The number of nitrogens with one attached hydrogen (secondary N) is 1. The Bertz CT molecular complexity index is 607. The molecule has 2 aromatic rings. The molecule has 0 saturated heterocycles. The zero-order valence-electron chi connectivity index (χ0n) is 9.30. The molecule has 1 N–H and O–H groups in total. The van der Waals surface area contributed by atoms with Crippen LogP contribution in [-0.4, -0.2) is 4.98 Å². The van der Waals surface area contributed by atoms with Gasteiger partial charge in [-0.1, -0.05) is 18.2 Å². The van der Waals surface area contributed by atoms with Gasteiger partial charge in [-0.3, -0.25) is 5.01 Å². The molecule has 1 aromatic carbocycles. The molecule has 0 aliphatic carbocycles. The largest absolute Gasteiger partial charge is 0.408 e. The van der Waals surface area contributed by atoms with Crippen molar-refractivity contribution in [2.45, 2.75) is 13.5 Å². The highest BCUT2D eigenvalue weighted by atomic mass is 16.4. The van der Waals surface area contributed by atoms with Crippen LogP contribution in [0, 0.1) is 6.92 Å². The third-order valence-electron chi connectivity index (χ3n) is 2.66. The molecule has 1 aromatic heterocycles. The third kappa shape index (κ3) is 1.60. The monoisotopic (exact) mass is 229 g/mol. The summed E-state index contributed by atoms with van der Waals surface area (Å²) in [5.74, 6) is 1.00. The van der Waals surface area contributed by atoms with E-state index in [0.29, 0.717) is 23.8 Å². The number of para-hydroxylation sites is 1. The molecular formula is C12H11N3O2. The molecule has 1 aliphatic heterocycles. The van der Waals surface area contributed by atoms with Gasteiger partial charge in [0, 0.05) is 6.92 Å². The van der Waals surface area contributed by atoms with E-state index in [2.05, 4.69) is 10.4 Å². The SMILES string of the molecule is Cc1nc2c(c(=O)o1)CNN2c1ccccc1. The Hall–Kier alpha value is -2.14. The van der Waals surface area contributed by atoms with Gasteiger partial charge in [0.25, 0.3) is 0 Å². The van der Waals surface area contributed by atoms with Gasteiger partial charge in [0.15, 0.2) is 11.7 Å². The Balaban J connectivity index is 2.13. The summed E-state index contributed by atoms with van der Waals surface area (Å²) in [7, 11) is 0. The van der Waals surface area contributed by atoms with Crippen LogP contribution in [0.3, 0.4) is 0 Å². The van der Waals surface area contributed by atoms with E-state index in [9.17, 15) is 4.79 Å². The topological polar surface area (TPSA) is 58.4 Å². The molecule has 0 amide bonds. The Morgan fingerprint density at radius 2 is 2.12 bits per heavy atom. The molecule has 0 bridgehead atoms. The lowest BCUT2D eigenvalue weighted by Crippen LogP contribution is -2.27. The van der Waals surface area contributed by atoms with Gasteiger partial charge in [0.05, 0.1) is 17.8 Å². The standard InChI is InChI=1S/C12H11N3O2/c1-8-14-11-10(12(16)17-8)7-13-15(11)9-5-3-2-4-6-9/h2-6,13H,7H2,1H3. The molecule has 0 fully saturated rings. The summed E-state index contributed by atoms with van der Waals surface area (Å²) in [6, 6.07) is 9.72. The van der Waals surface area contributed by atoms with E-state index in [1.165, 1.54) is 0 Å². The highest BCUT2D eigenvalue weighted by molar-refractivity contribution is 5.63. The van der Waals surface area contributed by atoms with Gasteiger partial charge in [0.1, 0.15) is 0 Å².